The molecule has 0 aromatic carbocycles. The normalized spacial score (nSPS) is 6.93. The van der Waals surface area contributed by atoms with Gasteiger partial charge in [0.25, 0.3) is 0 Å². The van der Waals surface area contributed by atoms with E-state index in [2.05, 4.69) is 4.42 Å². The molecule has 1 rings (SSSR count). The second kappa shape index (κ2) is 11.2. The fourth-order valence-corrected chi connectivity index (χ4v) is 0.527. The average Bonchev–Trinajstić information content (AvgIpc) is 1.95. The van der Waals surface area contributed by atoms with E-state index in [-0.39, 0.29) is 66.7 Å². The van der Waals surface area contributed by atoms with E-state index in [1.165, 1.54) is 0 Å². The molecule has 0 saturated carbocycles. The molecule has 1 aromatic rings. The number of hydrogen-bond acceptors (Lipinski definition) is 4. The minimum Gasteiger partial charge on any atom is -1.00 e. The van der Waals surface area contributed by atoms with Crippen LogP contribution < -0.4 is 42.6 Å². The van der Waals surface area contributed by atoms with Crippen LogP contribution in [0.5, 0.6) is 5.75 Å². The maximum Gasteiger partial charge on any atom is 3.00 e. The molecule has 0 aliphatic rings. The van der Waals surface area contributed by atoms with Crippen molar-refractivity contribution in [1.82, 2.24) is 0 Å². The van der Waals surface area contributed by atoms with Crippen molar-refractivity contribution in [2.75, 3.05) is 0 Å². The summed E-state index contributed by atoms with van der Waals surface area (Å²) in [6, 6.07) is 1.04. The molecule has 2 N–H and O–H groups in total. The Hall–Kier alpha value is 0.0995. The summed E-state index contributed by atoms with van der Waals surface area (Å²) in [5.74, 6) is -0.306. The van der Waals surface area contributed by atoms with Crippen molar-refractivity contribution in [3.05, 3.63) is 28.3 Å². The van der Waals surface area contributed by atoms with E-state index in [9.17, 15) is 4.79 Å². The second-order valence-electron chi connectivity index (χ2n) is 1.75. The molecule has 14 heavy (non-hydrogen) atoms. The van der Waals surface area contributed by atoms with Crippen LogP contribution in [-0.2, 0) is 23.7 Å². The third-order valence-corrected chi connectivity index (χ3v) is 1.02. The largest absolute Gasteiger partial charge is 3.00 e. The predicted molar refractivity (Wildman–Crippen MR) is 32.6 cm³/mol. The molecule has 1 aromatic heterocycles. The van der Waals surface area contributed by atoms with Crippen molar-refractivity contribution in [2.24, 2.45) is 0 Å². The molecule has 0 amide bonds. The molecule has 0 aliphatic carbocycles. The van der Waals surface area contributed by atoms with Crippen LogP contribution in [0.4, 0.5) is 0 Å². The summed E-state index contributed by atoms with van der Waals surface area (Å²) < 4.78 is 4.59. The minimum absolute atomic E-state index is 0. The molecule has 4 nitrogen and oxygen atoms in total. The molecule has 0 unspecified atom stereocenters. The SMILES string of the molecule is O=c1cc(CO)occ1O.[Cl-].[Cl-].[Cl-].[Fe+3]. The molecule has 8 heteroatoms. The van der Waals surface area contributed by atoms with Gasteiger partial charge in [0.05, 0.1) is 0 Å². The van der Waals surface area contributed by atoms with Crippen molar-refractivity contribution in [3.63, 3.8) is 0 Å². The zero-order chi connectivity index (χ0) is 7.56. The third-order valence-electron chi connectivity index (χ3n) is 1.02. The third kappa shape index (κ3) is 6.54. The Labute approximate surface area is 109 Å². The van der Waals surface area contributed by atoms with E-state index >= 15 is 0 Å². The molecular weight excluding hydrogens is 298 g/mol. The molecule has 0 bridgehead atoms. The summed E-state index contributed by atoms with van der Waals surface area (Å²) in [4.78, 5) is 10.6. The number of hydrogen-bond donors (Lipinski definition) is 2. The quantitative estimate of drug-likeness (QED) is 0.506. The Morgan fingerprint density at radius 2 is 1.79 bits per heavy atom. The van der Waals surface area contributed by atoms with Gasteiger partial charge in [-0.2, -0.15) is 0 Å². The Balaban J connectivity index is -0.000000125. The van der Waals surface area contributed by atoms with Crippen molar-refractivity contribution < 1.29 is 68.9 Å². The first-order valence-electron chi connectivity index (χ1n) is 2.65. The first-order chi connectivity index (χ1) is 4.74. The van der Waals surface area contributed by atoms with Gasteiger partial charge >= 0.3 is 17.1 Å². The van der Waals surface area contributed by atoms with E-state index in [1.807, 2.05) is 0 Å². The number of halogens is 3. The van der Waals surface area contributed by atoms with Crippen LogP contribution in [-0.4, -0.2) is 10.2 Å². The van der Waals surface area contributed by atoms with Gasteiger partial charge in [-0.25, -0.2) is 0 Å². The summed E-state index contributed by atoms with van der Waals surface area (Å²) in [5, 5.41) is 17.1. The zero-order valence-electron chi connectivity index (χ0n) is 6.56. The van der Waals surface area contributed by atoms with E-state index in [0.29, 0.717) is 0 Å². The van der Waals surface area contributed by atoms with Crippen LogP contribution >= 0.6 is 0 Å². The molecule has 1 heterocycles. The van der Waals surface area contributed by atoms with Crippen LogP contribution in [0.2, 0.25) is 0 Å². The molecule has 0 saturated heterocycles. The van der Waals surface area contributed by atoms with Gasteiger partial charge in [0, 0.05) is 6.07 Å². The second-order valence-corrected chi connectivity index (χ2v) is 1.75. The Morgan fingerprint density at radius 3 is 2.14 bits per heavy atom. The van der Waals surface area contributed by atoms with Crippen molar-refractivity contribution >= 4 is 0 Å². The maximum atomic E-state index is 10.6. The van der Waals surface area contributed by atoms with Gasteiger partial charge in [-0.3, -0.25) is 4.79 Å². The van der Waals surface area contributed by atoms with Crippen molar-refractivity contribution in [1.29, 1.82) is 0 Å². The molecule has 0 atom stereocenters. The van der Waals surface area contributed by atoms with E-state index < -0.39 is 11.2 Å². The monoisotopic (exact) mass is 303 g/mol. The molecule has 0 aliphatic heterocycles. The first-order valence-corrected chi connectivity index (χ1v) is 2.65. The van der Waals surface area contributed by atoms with Gasteiger partial charge in [0.1, 0.15) is 18.6 Å². The smallest absolute Gasteiger partial charge is 1.00 e. The van der Waals surface area contributed by atoms with Gasteiger partial charge < -0.3 is 51.9 Å². The molecule has 1 radical (unpaired) electrons. The van der Waals surface area contributed by atoms with Crippen LogP contribution in [0.25, 0.3) is 0 Å². The van der Waals surface area contributed by atoms with Gasteiger partial charge in [0.15, 0.2) is 5.75 Å². The topological polar surface area (TPSA) is 70.7 Å². The van der Waals surface area contributed by atoms with E-state index in [4.69, 9.17) is 10.2 Å². The Morgan fingerprint density at radius 1 is 1.29 bits per heavy atom. The minimum atomic E-state index is -0.546. The molecule has 0 spiro atoms. The van der Waals surface area contributed by atoms with E-state index in [0.717, 1.165) is 12.3 Å². The number of aliphatic hydroxyl groups is 1. The fraction of sp³-hybridized carbons (Fsp3) is 0.167. The Kier molecular flexibility index (Phi) is 18.9. The van der Waals surface area contributed by atoms with Crippen LogP contribution in [0, 0.1) is 0 Å². The van der Waals surface area contributed by atoms with Crippen LogP contribution in [0.3, 0.4) is 0 Å². The first kappa shape index (κ1) is 23.7. The van der Waals surface area contributed by atoms with Crippen LogP contribution in [0.15, 0.2) is 21.5 Å². The number of aromatic hydroxyl groups is 1. The summed E-state index contributed by atoms with van der Waals surface area (Å²) in [7, 11) is 0. The van der Waals surface area contributed by atoms with Gasteiger partial charge in [0.2, 0.25) is 5.43 Å². The van der Waals surface area contributed by atoms with Gasteiger partial charge in [-0.15, -0.1) is 0 Å². The summed E-state index contributed by atoms with van der Waals surface area (Å²) in [6.07, 6.45) is 0.897. The summed E-state index contributed by atoms with van der Waals surface area (Å²) in [5.41, 5.74) is -0.546. The van der Waals surface area contributed by atoms with Crippen LogP contribution in [0.1, 0.15) is 5.76 Å². The Bertz CT molecular complexity index is 291. The zero-order valence-corrected chi connectivity index (χ0v) is 9.93. The number of aliphatic hydroxyl groups excluding tert-OH is 1. The van der Waals surface area contributed by atoms with Crippen molar-refractivity contribution in [2.45, 2.75) is 6.61 Å². The molecular formula is C6H6Cl3FeO4. The maximum absolute atomic E-state index is 10.6. The fourth-order valence-electron chi connectivity index (χ4n) is 0.527. The molecule has 83 valence electrons. The average molecular weight is 304 g/mol. The van der Waals surface area contributed by atoms with Crippen molar-refractivity contribution in [3.8, 4) is 5.75 Å². The predicted octanol–water partition coefficient (Wildman–Crippen LogP) is -9.15. The van der Waals surface area contributed by atoms with Gasteiger partial charge in [-0.05, 0) is 0 Å². The standard InChI is InChI=1S/C6H6O4.3ClH.Fe/c7-2-4-1-5(8)6(9)3-10-4;;;;/h1,3,7,9H,2H2;3*1H;/q;;;;+3/p-3. The van der Waals surface area contributed by atoms with E-state index in [1.54, 1.807) is 0 Å². The summed E-state index contributed by atoms with van der Waals surface area (Å²) in [6.45, 7) is -0.338. The van der Waals surface area contributed by atoms with Gasteiger partial charge in [-0.1, -0.05) is 0 Å². The number of rotatable bonds is 1. The molecule has 0 fully saturated rings. The summed E-state index contributed by atoms with van der Waals surface area (Å²) >= 11 is 0.